The van der Waals surface area contributed by atoms with Crippen molar-refractivity contribution in [2.45, 2.75) is 12.8 Å². The number of carbonyl (C=O) groups excluding carboxylic acids is 2. The van der Waals surface area contributed by atoms with Crippen LogP contribution < -0.4 is 5.32 Å². The topological polar surface area (TPSA) is 55.9 Å². The van der Waals surface area contributed by atoms with Crippen LogP contribution in [0.4, 0.5) is 4.79 Å². The Hall–Kier alpha value is -1.14. The van der Waals surface area contributed by atoms with Crippen LogP contribution in [0.15, 0.2) is 0 Å². The van der Waals surface area contributed by atoms with Gasteiger partial charge < -0.3 is 15.1 Å². The summed E-state index contributed by atoms with van der Waals surface area (Å²) in [5.74, 6) is -0.0976. The average Bonchev–Trinajstić information content (AvgIpc) is 2.68. The van der Waals surface area contributed by atoms with Gasteiger partial charge in [0.25, 0.3) is 0 Å². The number of urea groups is 1. The minimum Gasteiger partial charge on any atom is -0.329 e. The molecule has 0 aromatic carbocycles. The molecule has 0 aliphatic carbocycles. The largest absolute Gasteiger partial charge is 0.329 e. The lowest BCUT2D eigenvalue weighted by Crippen LogP contribution is -2.44. The number of carbonyl (C=O) groups is 2. The molecule has 0 spiro atoms. The average molecular weight is 254 g/mol. The molecular formula is C12H22N4O2. The normalized spacial score (nSPS) is 22.6. The van der Waals surface area contributed by atoms with Gasteiger partial charge in [-0.3, -0.25) is 9.69 Å². The van der Waals surface area contributed by atoms with Crippen molar-refractivity contribution in [3.05, 3.63) is 0 Å². The van der Waals surface area contributed by atoms with Gasteiger partial charge in [0.15, 0.2) is 0 Å². The van der Waals surface area contributed by atoms with E-state index in [4.69, 9.17) is 0 Å². The van der Waals surface area contributed by atoms with Crippen molar-refractivity contribution in [3.8, 4) is 0 Å². The maximum atomic E-state index is 11.3. The predicted octanol–water partition coefficient (Wildman–Crippen LogP) is -0.434. The standard InChI is InChI=1S/C12H22N4O2/c1-14-6-8-15(9-7-14)4-2-3-5-16-11(17)10-13-12(16)18/h2-10H2,1H3,(H,13,18). The van der Waals surface area contributed by atoms with E-state index in [1.807, 2.05) is 0 Å². The first kappa shape index (κ1) is 13.3. The van der Waals surface area contributed by atoms with Crippen LogP contribution in [0.1, 0.15) is 12.8 Å². The summed E-state index contributed by atoms with van der Waals surface area (Å²) in [6, 6.07) is -0.236. The molecule has 0 bridgehead atoms. The predicted molar refractivity (Wildman–Crippen MR) is 68.3 cm³/mol. The highest BCUT2D eigenvalue weighted by molar-refractivity contribution is 6.01. The fourth-order valence-corrected chi connectivity index (χ4v) is 2.36. The summed E-state index contributed by atoms with van der Waals surface area (Å²) in [6.07, 6.45) is 1.94. The van der Waals surface area contributed by atoms with Gasteiger partial charge in [-0.2, -0.15) is 0 Å². The molecule has 0 saturated carbocycles. The summed E-state index contributed by atoms with van der Waals surface area (Å²) < 4.78 is 0. The molecule has 2 heterocycles. The third kappa shape index (κ3) is 3.43. The number of amides is 3. The van der Waals surface area contributed by atoms with E-state index in [0.29, 0.717) is 6.54 Å². The molecule has 18 heavy (non-hydrogen) atoms. The number of rotatable bonds is 5. The van der Waals surface area contributed by atoms with E-state index in [1.165, 1.54) is 4.90 Å². The van der Waals surface area contributed by atoms with Gasteiger partial charge >= 0.3 is 6.03 Å². The monoisotopic (exact) mass is 254 g/mol. The Labute approximate surface area is 108 Å². The van der Waals surface area contributed by atoms with Crippen molar-refractivity contribution in [3.63, 3.8) is 0 Å². The van der Waals surface area contributed by atoms with Gasteiger partial charge in [-0.15, -0.1) is 0 Å². The van der Waals surface area contributed by atoms with Crippen LogP contribution in [0.5, 0.6) is 0 Å². The van der Waals surface area contributed by atoms with Crippen LogP contribution in [0.25, 0.3) is 0 Å². The minimum absolute atomic E-state index is 0.0976. The molecule has 2 saturated heterocycles. The first-order chi connectivity index (χ1) is 8.66. The lowest BCUT2D eigenvalue weighted by molar-refractivity contribution is -0.125. The third-order valence-electron chi connectivity index (χ3n) is 3.64. The Bertz CT molecular complexity index is 297. The number of unbranched alkanes of at least 4 members (excludes halogenated alkanes) is 1. The van der Waals surface area contributed by atoms with E-state index in [2.05, 4.69) is 22.2 Å². The summed E-state index contributed by atoms with van der Waals surface area (Å²) in [5, 5.41) is 2.54. The van der Waals surface area contributed by atoms with E-state index in [9.17, 15) is 9.59 Å². The zero-order valence-corrected chi connectivity index (χ0v) is 11.0. The van der Waals surface area contributed by atoms with E-state index >= 15 is 0 Å². The summed E-state index contributed by atoms with van der Waals surface area (Å²) in [4.78, 5) is 28.7. The zero-order chi connectivity index (χ0) is 13.0. The first-order valence-electron chi connectivity index (χ1n) is 6.66. The van der Waals surface area contributed by atoms with Crippen LogP contribution in [0, 0.1) is 0 Å². The summed E-state index contributed by atoms with van der Waals surface area (Å²) in [7, 11) is 2.15. The van der Waals surface area contributed by atoms with Gasteiger partial charge in [-0.25, -0.2) is 4.79 Å². The van der Waals surface area contributed by atoms with Gasteiger partial charge in [0.2, 0.25) is 5.91 Å². The molecule has 2 aliphatic rings. The van der Waals surface area contributed by atoms with Gasteiger partial charge in [0.05, 0.1) is 6.54 Å². The second-order valence-electron chi connectivity index (χ2n) is 5.06. The molecular weight excluding hydrogens is 232 g/mol. The van der Waals surface area contributed by atoms with Crippen LogP contribution in [-0.2, 0) is 4.79 Å². The van der Waals surface area contributed by atoms with E-state index < -0.39 is 0 Å². The van der Waals surface area contributed by atoms with Gasteiger partial charge in [0.1, 0.15) is 0 Å². The number of imide groups is 1. The van der Waals surface area contributed by atoms with Crippen molar-refractivity contribution in [2.75, 3.05) is 52.9 Å². The summed E-state index contributed by atoms with van der Waals surface area (Å²) in [5.41, 5.74) is 0. The minimum atomic E-state index is -0.236. The number of nitrogens with one attached hydrogen (secondary N) is 1. The fraction of sp³-hybridized carbons (Fsp3) is 0.833. The second-order valence-corrected chi connectivity index (χ2v) is 5.06. The maximum absolute atomic E-state index is 11.3. The van der Waals surface area contributed by atoms with Crippen LogP contribution in [0.3, 0.4) is 0 Å². The SMILES string of the molecule is CN1CCN(CCCCN2C(=O)CNC2=O)CC1. The summed E-state index contributed by atoms with van der Waals surface area (Å²) >= 11 is 0. The molecule has 6 nitrogen and oxygen atoms in total. The Morgan fingerprint density at radius 3 is 2.33 bits per heavy atom. The Morgan fingerprint density at radius 2 is 1.72 bits per heavy atom. The lowest BCUT2D eigenvalue weighted by Gasteiger charge is -2.32. The zero-order valence-electron chi connectivity index (χ0n) is 11.0. The number of piperazine rings is 1. The van der Waals surface area contributed by atoms with Crippen molar-refractivity contribution in [2.24, 2.45) is 0 Å². The molecule has 0 unspecified atom stereocenters. The maximum Gasteiger partial charge on any atom is 0.324 e. The molecule has 0 aromatic heterocycles. The molecule has 1 N–H and O–H groups in total. The molecule has 2 fully saturated rings. The van der Waals surface area contributed by atoms with Crippen molar-refractivity contribution < 1.29 is 9.59 Å². The smallest absolute Gasteiger partial charge is 0.324 e. The fourth-order valence-electron chi connectivity index (χ4n) is 2.36. The van der Waals surface area contributed by atoms with Gasteiger partial charge in [-0.1, -0.05) is 0 Å². The molecule has 6 heteroatoms. The van der Waals surface area contributed by atoms with E-state index in [-0.39, 0.29) is 18.5 Å². The molecule has 2 rings (SSSR count). The molecule has 2 aliphatic heterocycles. The van der Waals surface area contributed by atoms with Crippen molar-refractivity contribution >= 4 is 11.9 Å². The molecule has 0 radical (unpaired) electrons. The Morgan fingerprint density at radius 1 is 1.06 bits per heavy atom. The lowest BCUT2D eigenvalue weighted by atomic mass is 10.2. The molecule has 0 aromatic rings. The number of nitrogens with zero attached hydrogens (tertiary/aromatic N) is 3. The highest BCUT2D eigenvalue weighted by atomic mass is 16.2. The van der Waals surface area contributed by atoms with Crippen LogP contribution in [-0.4, -0.2) is 79.5 Å². The quantitative estimate of drug-likeness (QED) is 0.534. The first-order valence-corrected chi connectivity index (χ1v) is 6.66. The van der Waals surface area contributed by atoms with E-state index in [0.717, 1.165) is 45.6 Å². The number of hydrogen-bond acceptors (Lipinski definition) is 4. The molecule has 102 valence electrons. The Balaban J connectivity index is 1.58. The van der Waals surface area contributed by atoms with Gasteiger partial charge in [-0.05, 0) is 26.4 Å². The van der Waals surface area contributed by atoms with Crippen molar-refractivity contribution in [1.82, 2.24) is 20.0 Å². The summed E-state index contributed by atoms with van der Waals surface area (Å²) in [6.45, 7) is 6.30. The van der Waals surface area contributed by atoms with Crippen LogP contribution in [0.2, 0.25) is 0 Å². The second kappa shape index (κ2) is 6.15. The number of hydrogen-bond donors (Lipinski definition) is 1. The molecule has 3 amide bonds. The highest BCUT2D eigenvalue weighted by Crippen LogP contribution is 2.05. The Kier molecular flexibility index (Phi) is 4.54. The number of likely N-dealkylation sites (N-methyl/N-ethyl adjacent to an activating group) is 1. The highest BCUT2D eigenvalue weighted by Gasteiger charge is 2.27. The van der Waals surface area contributed by atoms with Crippen molar-refractivity contribution in [1.29, 1.82) is 0 Å². The van der Waals surface area contributed by atoms with Crippen LogP contribution >= 0.6 is 0 Å². The van der Waals surface area contributed by atoms with Gasteiger partial charge in [0, 0.05) is 32.7 Å². The van der Waals surface area contributed by atoms with E-state index in [1.54, 1.807) is 0 Å². The molecule has 0 atom stereocenters. The third-order valence-corrected chi connectivity index (χ3v) is 3.64.